The molecule has 2 N–H and O–H groups in total. The molecule has 2 aromatic heterocycles. The number of nitrogens with one attached hydrogen (secondary N) is 2. The highest BCUT2D eigenvalue weighted by Crippen LogP contribution is 2.40. The van der Waals surface area contributed by atoms with E-state index in [9.17, 15) is 4.79 Å². The third kappa shape index (κ3) is 6.01. The van der Waals surface area contributed by atoms with Crippen molar-refractivity contribution in [2.45, 2.75) is 51.0 Å². The standard InChI is InChI=1S/C25H32N6O4S/c1-33-19-13-16(14-20(34-2)23(19)35-3)27-22-15-26-18-11-12-21(28-24(18)29-22)30-25(32)31(36)17-9-7-5-4-6-8-10-17/h11-15,17,36H,4-10H2,1-3H3,(H2,27,28,29,30,32). The van der Waals surface area contributed by atoms with E-state index in [1.54, 1.807) is 51.8 Å². The monoisotopic (exact) mass is 512 g/mol. The zero-order chi connectivity index (χ0) is 25.5. The van der Waals surface area contributed by atoms with Gasteiger partial charge in [0.2, 0.25) is 5.75 Å². The summed E-state index contributed by atoms with van der Waals surface area (Å²) in [4.78, 5) is 26.3. The summed E-state index contributed by atoms with van der Waals surface area (Å²) < 4.78 is 17.7. The summed E-state index contributed by atoms with van der Waals surface area (Å²) in [6.45, 7) is 0. The van der Waals surface area contributed by atoms with Crippen molar-refractivity contribution in [1.82, 2.24) is 19.3 Å². The van der Waals surface area contributed by atoms with E-state index in [4.69, 9.17) is 14.2 Å². The molecule has 1 aliphatic rings. The van der Waals surface area contributed by atoms with Crippen LogP contribution in [0.1, 0.15) is 44.9 Å². The average molecular weight is 513 g/mol. The largest absolute Gasteiger partial charge is 0.493 e. The summed E-state index contributed by atoms with van der Waals surface area (Å²) in [5.41, 5.74) is 1.67. The Hall–Kier alpha value is -3.47. The Morgan fingerprint density at radius 3 is 2.22 bits per heavy atom. The van der Waals surface area contributed by atoms with Crippen LogP contribution < -0.4 is 24.8 Å². The predicted molar refractivity (Wildman–Crippen MR) is 143 cm³/mol. The number of fused-ring (bicyclic) bond motifs is 1. The third-order valence-electron chi connectivity index (χ3n) is 6.21. The number of urea groups is 1. The van der Waals surface area contributed by atoms with Crippen LogP contribution in [0.5, 0.6) is 17.2 Å². The zero-order valence-electron chi connectivity index (χ0n) is 20.8. The Morgan fingerprint density at radius 2 is 1.58 bits per heavy atom. The number of hydrogen-bond donors (Lipinski definition) is 3. The van der Waals surface area contributed by atoms with Crippen LogP contribution in [0, 0.1) is 0 Å². The fraction of sp³-hybridized carbons (Fsp3) is 0.440. The number of hydrogen-bond acceptors (Lipinski definition) is 9. The molecule has 1 aliphatic carbocycles. The van der Waals surface area contributed by atoms with Crippen molar-refractivity contribution < 1.29 is 19.0 Å². The zero-order valence-corrected chi connectivity index (χ0v) is 21.7. The molecule has 0 atom stereocenters. The van der Waals surface area contributed by atoms with Crippen LogP contribution in [0.25, 0.3) is 11.2 Å². The van der Waals surface area contributed by atoms with Crippen LogP contribution in [-0.2, 0) is 0 Å². The maximum absolute atomic E-state index is 12.8. The first-order valence-electron chi connectivity index (χ1n) is 12.0. The molecule has 10 nitrogen and oxygen atoms in total. The van der Waals surface area contributed by atoms with Crippen LogP contribution in [0.2, 0.25) is 0 Å². The first kappa shape index (κ1) is 25.6. The molecule has 0 aliphatic heterocycles. The van der Waals surface area contributed by atoms with Gasteiger partial charge in [0, 0.05) is 23.9 Å². The molecule has 4 rings (SSSR count). The van der Waals surface area contributed by atoms with Gasteiger partial charge in [0.05, 0.1) is 27.5 Å². The minimum absolute atomic E-state index is 0.114. The van der Waals surface area contributed by atoms with E-state index in [1.165, 1.54) is 23.6 Å². The van der Waals surface area contributed by atoms with Crippen LogP contribution in [-0.4, -0.2) is 52.7 Å². The number of amides is 2. The first-order chi connectivity index (χ1) is 17.5. The fourth-order valence-corrected chi connectivity index (χ4v) is 4.62. The highest BCUT2D eigenvalue weighted by atomic mass is 32.1. The molecule has 0 unspecified atom stereocenters. The van der Waals surface area contributed by atoms with Gasteiger partial charge >= 0.3 is 6.03 Å². The van der Waals surface area contributed by atoms with Crippen molar-refractivity contribution in [3.8, 4) is 17.2 Å². The van der Waals surface area contributed by atoms with E-state index >= 15 is 0 Å². The lowest BCUT2D eigenvalue weighted by molar-refractivity contribution is 0.222. The van der Waals surface area contributed by atoms with Crippen LogP contribution >= 0.6 is 12.8 Å². The van der Waals surface area contributed by atoms with E-state index in [0.717, 1.165) is 25.7 Å². The second-order valence-electron chi connectivity index (χ2n) is 8.61. The number of nitrogens with zero attached hydrogens (tertiary/aromatic N) is 4. The number of carbonyl (C=O) groups excluding carboxylic acids is 1. The number of rotatable bonds is 7. The van der Waals surface area contributed by atoms with Crippen molar-refractivity contribution in [1.29, 1.82) is 0 Å². The van der Waals surface area contributed by atoms with E-state index in [0.29, 0.717) is 45.7 Å². The molecule has 192 valence electrons. The highest BCUT2D eigenvalue weighted by Gasteiger charge is 2.22. The van der Waals surface area contributed by atoms with Gasteiger partial charge in [-0.3, -0.25) is 9.62 Å². The van der Waals surface area contributed by atoms with Gasteiger partial charge in [0.1, 0.15) is 11.3 Å². The van der Waals surface area contributed by atoms with E-state index in [2.05, 4.69) is 38.4 Å². The lowest BCUT2D eigenvalue weighted by Gasteiger charge is -2.28. The normalized spacial score (nSPS) is 14.4. The number of ether oxygens (including phenoxy) is 3. The predicted octanol–water partition coefficient (Wildman–Crippen LogP) is 5.59. The molecule has 0 saturated heterocycles. The van der Waals surface area contributed by atoms with Gasteiger partial charge in [-0.15, -0.1) is 0 Å². The van der Waals surface area contributed by atoms with Crippen LogP contribution in [0.15, 0.2) is 30.5 Å². The quantitative estimate of drug-likeness (QED) is 0.352. The Labute approximate surface area is 216 Å². The Balaban J connectivity index is 1.50. The van der Waals surface area contributed by atoms with Gasteiger partial charge < -0.3 is 19.5 Å². The molecule has 2 heterocycles. The van der Waals surface area contributed by atoms with Crippen molar-refractivity contribution in [2.24, 2.45) is 0 Å². The summed E-state index contributed by atoms with van der Waals surface area (Å²) in [5.74, 6) is 2.37. The maximum Gasteiger partial charge on any atom is 0.333 e. The van der Waals surface area contributed by atoms with Gasteiger partial charge in [-0.2, -0.15) is 0 Å². The van der Waals surface area contributed by atoms with Crippen molar-refractivity contribution in [3.05, 3.63) is 30.5 Å². The highest BCUT2D eigenvalue weighted by molar-refractivity contribution is 7.78. The molecule has 0 radical (unpaired) electrons. The number of aromatic nitrogens is 3. The van der Waals surface area contributed by atoms with Crippen LogP contribution in [0.3, 0.4) is 0 Å². The molecule has 1 saturated carbocycles. The summed E-state index contributed by atoms with van der Waals surface area (Å²) >= 11 is 4.50. The Bertz CT molecular complexity index is 1180. The number of anilines is 3. The Kier molecular flexibility index (Phi) is 8.52. The number of benzene rings is 1. The van der Waals surface area contributed by atoms with Crippen molar-refractivity contribution in [3.63, 3.8) is 0 Å². The van der Waals surface area contributed by atoms with E-state index in [1.807, 2.05) is 0 Å². The number of methoxy groups -OCH3 is 3. The summed E-state index contributed by atoms with van der Waals surface area (Å²) in [5, 5.41) is 6.04. The molecule has 11 heteroatoms. The smallest absolute Gasteiger partial charge is 0.333 e. The minimum atomic E-state index is -0.296. The topological polar surface area (TPSA) is 111 Å². The number of pyridine rings is 1. The first-order valence-corrected chi connectivity index (χ1v) is 12.4. The summed E-state index contributed by atoms with van der Waals surface area (Å²) in [6.07, 6.45) is 9.43. The minimum Gasteiger partial charge on any atom is -0.493 e. The Morgan fingerprint density at radius 1 is 0.944 bits per heavy atom. The van der Waals surface area contributed by atoms with E-state index in [-0.39, 0.29) is 12.1 Å². The molecular weight excluding hydrogens is 480 g/mol. The van der Waals surface area contributed by atoms with Crippen molar-refractivity contribution in [2.75, 3.05) is 32.0 Å². The molecule has 2 amide bonds. The second-order valence-corrected chi connectivity index (χ2v) is 9.04. The maximum atomic E-state index is 12.8. The lowest BCUT2D eigenvalue weighted by Crippen LogP contribution is -2.36. The molecule has 36 heavy (non-hydrogen) atoms. The van der Waals surface area contributed by atoms with Crippen LogP contribution in [0.4, 0.5) is 22.1 Å². The average Bonchev–Trinajstić information content (AvgIpc) is 2.87. The van der Waals surface area contributed by atoms with Gasteiger partial charge in [0.15, 0.2) is 23.0 Å². The second kappa shape index (κ2) is 12.0. The molecule has 1 fully saturated rings. The number of carbonyl (C=O) groups is 1. The van der Waals surface area contributed by atoms with Crippen molar-refractivity contribution >= 4 is 47.3 Å². The molecular formula is C25H32N6O4S. The molecule has 0 spiro atoms. The summed E-state index contributed by atoms with van der Waals surface area (Å²) in [7, 11) is 4.66. The third-order valence-corrected chi connectivity index (χ3v) is 6.72. The molecule has 3 aromatic rings. The SMILES string of the molecule is COc1cc(Nc2cnc3ccc(NC(=O)N(S)C4CCCCCCC4)nc3n2)cc(OC)c1OC. The lowest BCUT2D eigenvalue weighted by atomic mass is 9.97. The molecule has 1 aromatic carbocycles. The van der Waals surface area contributed by atoms with Gasteiger partial charge in [-0.05, 0) is 25.0 Å². The summed E-state index contributed by atoms with van der Waals surface area (Å²) in [6, 6.07) is 6.84. The van der Waals surface area contributed by atoms with E-state index < -0.39 is 0 Å². The fourth-order valence-electron chi connectivity index (χ4n) is 4.34. The number of thiol groups is 1. The van der Waals surface area contributed by atoms with Gasteiger partial charge in [-0.25, -0.2) is 19.7 Å². The van der Waals surface area contributed by atoms with Gasteiger partial charge in [-0.1, -0.05) is 44.9 Å². The molecule has 0 bridgehead atoms. The van der Waals surface area contributed by atoms with Gasteiger partial charge in [0.25, 0.3) is 0 Å².